The molecule has 2 heterocycles. The molecule has 1 fully saturated rings. The zero-order chi connectivity index (χ0) is 20.1. The minimum Gasteiger partial charge on any atom is -0.368 e. The Labute approximate surface area is 173 Å². The monoisotopic (exact) mass is 419 g/mol. The van der Waals surface area contributed by atoms with Crippen LogP contribution in [0.1, 0.15) is 44.6 Å². The Bertz CT molecular complexity index is 822. The van der Waals surface area contributed by atoms with Crippen LogP contribution < -0.4 is 11.1 Å². The Kier molecular flexibility index (Phi) is 6.90. The lowest BCUT2D eigenvalue weighted by molar-refractivity contribution is -0.138. The first-order valence-electron chi connectivity index (χ1n) is 9.36. The molecular formula is C19H25N5O2S2. The Morgan fingerprint density at radius 1 is 1.29 bits per heavy atom. The van der Waals surface area contributed by atoms with E-state index in [1.807, 2.05) is 12.1 Å². The molecule has 3 N–H and O–H groups in total. The van der Waals surface area contributed by atoms with Crippen molar-refractivity contribution in [2.24, 2.45) is 5.73 Å². The Morgan fingerprint density at radius 3 is 2.71 bits per heavy atom. The van der Waals surface area contributed by atoms with Crippen molar-refractivity contribution in [3.05, 3.63) is 29.8 Å². The number of benzene rings is 1. The van der Waals surface area contributed by atoms with Gasteiger partial charge in [0, 0.05) is 12.2 Å². The van der Waals surface area contributed by atoms with E-state index in [9.17, 15) is 9.59 Å². The molecule has 2 aromatic rings. The molecule has 1 atom stereocenters. The maximum Gasteiger partial charge on any atom is 0.240 e. The second-order valence-electron chi connectivity index (χ2n) is 7.06. The molecule has 0 aliphatic carbocycles. The van der Waals surface area contributed by atoms with Crippen molar-refractivity contribution < 1.29 is 9.59 Å². The summed E-state index contributed by atoms with van der Waals surface area (Å²) in [5.74, 6) is 0.207. The summed E-state index contributed by atoms with van der Waals surface area (Å²) in [5.41, 5.74) is 7.67. The number of nitrogens with two attached hydrogens (primary N) is 1. The van der Waals surface area contributed by atoms with Crippen molar-refractivity contribution >= 4 is 45.7 Å². The number of thioether (sulfide) groups is 1. The van der Waals surface area contributed by atoms with Crippen LogP contribution in [0.5, 0.6) is 0 Å². The predicted octanol–water partition coefficient (Wildman–Crippen LogP) is 3.36. The predicted molar refractivity (Wildman–Crippen MR) is 113 cm³/mol. The van der Waals surface area contributed by atoms with Gasteiger partial charge in [-0.05, 0) is 42.9 Å². The Balaban J connectivity index is 1.54. The molecule has 2 amide bonds. The van der Waals surface area contributed by atoms with Crippen molar-refractivity contribution in [3.8, 4) is 0 Å². The standard InChI is InChI=1S/C19H25N5O2S2/c1-12(2)13-6-8-14(9-7-13)21-18-22-23-19(28-18)27-11-16(25)24-10-4-3-5-15(24)17(20)26/h6-9,12,15H,3-5,10-11H2,1-2H3,(H2,20,26)(H,21,22)/t15-/m1/s1. The SMILES string of the molecule is CC(C)c1ccc(Nc2nnc(SCC(=O)N3CCCC[C@@H]3C(N)=O)s2)cc1. The van der Waals surface area contributed by atoms with Crippen molar-refractivity contribution in [2.45, 2.75) is 49.4 Å². The summed E-state index contributed by atoms with van der Waals surface area (Å²) in [6.45, 7) is 4.91. The van der Waals surface area contributed by atoms with Gasteiger partial charge in [-0.15, -0.1) is 10.2 Å². The summed E-state index contributed by atoms with van der Waals surface area (Å²) in [6.07, 6.45) is 2.48. The van der Waals surface area contributed by atoms with E-state index in [-0.39, 0.29) is 11.7 Å². The zero-order valence-electron chi connectivity index (χ0n) is 16.1. The normalized spacial score (nSPS) is 17.0. The van der Waals surface area contributed by atoms with Gasteiger partial charge in [0.2, 0.25) is 16.9 Å². The van der Waals surface area contributed by atoms with Gasteiger partial charge in [-0.3, -0.25) is 9.59 Å². The maximum absolute atomic E-state index is 12.5. The topological polar surface area (TPSA) is 101 Å². The number of nitrogens with one attached hydrogen (secondary N) is 1. The van der Waals surface area contributed by atoms with Gasteiger partial charge in [-0.2, -0.15) is 0 Å². The van der Waals surface area contributed by atoms with Crippen LogP contribution in [-0.2, 0) is 9.59 Å². The number of hydrogen-bond acceptors (Lipinski definition) is 7. The summed E-state index contributed by atoms with van der Waals surface area (Å²) in [6, 6.07) is 7.75. The third-order valence-corrected chi connectivity index (χ3v) is 6.66. The van der Waals surface area contributed by atoms with Crippen molar-refractivity contribution in [2.75, 3.05) is 17.6 Å². The van der Waals surface area contributed by atoms with Crippen LogP contribution in [-0.4, -0.2) is 45.3 Å². The van der Waals surface area contributed by atoms with E-state index in [0.717, 1.165) is 18.5 Å². The van der Waals surface area contributed by atoms with Crippen molar-refractivity contribution in [1.82, 2.24) is 15.1 Å². The van der Waals surface area contributed by atoms with Crippen molar-refractivity contribution in [1.29, 1.82) is 0 Å². The molecule has 0 spiro atoms. The fourth-order valence-corrected chi connectivity index (χ4v) is 4.78. The largest absolute Gasteiger partial charge is 0.368 e. The Hall–Kier alpha value is -2.13. The molecule has 0 radical (unpaired) electrons. The number of piperidine rings is 1. The highest BCUT2D eigenvalue weighted by molar-refractivity contribution is 8.01. The number of likely N-dealkylation sites (tertiary alicyclic amines) is 1. The van der Waals surface area contributed by atoms with Crippen LogP contribution in [0, 0.1) is 0 Å². The molecule has 1 aromatic carbocycles. The quantitative estimate of drug-likeness (QED) is 0.667. The van der Waals surface area contributed by atoms with Gasteiger partial charge >= 0.3 is 0 Å². The van der Waals surface area contributed by atoms with Crippen LogP contribution in [0.4, 0.5) is 10.8 Å². The number of carbonyl (C=O) groups excluding carboxylic acids is 2. The molecule has 1 aromatic heterocycles. The van der Waals surface area contributed by atoms with E-state index < -0.39 is 11.9 Å². The van der Waals surface area contributed by atoms with E-state index in [1.165, 1.54) is 28.7 Å². The number of nitrogens with zero attached hydrogens (tertiary/aromatic N) is 3. The summed E-state index contributed by atoms with van der Waals surface area (Å²) in [5, 5.41) is 12.2. The number of hydrogen-bond donors (Lipinski definition) is 2. The smallest absolute Gasteiger partial charge is 0.240 e. The fraction of sp³-hybridized carbons (Fsp3) is 0.474. The fourth-order valence-electron chi connectivity index (χ4n) is 3.13. The highest BCUT2D eigenvalue weighted by Crippen LogP contribution is 2.29. The highest BCUT2D eigenvalue weighted by Gasteiger charge is 2.30. The average molecular weight is 420 g/mol. The lowest BCUT2D eigenvalue weighted by Crippen LogP contribution is -2.51. The molecule has 1 saturated heterocycles. The molecule has 7 nitrogen and oxygen atoms in total. The summed E-state index contributed by atoms with van der Waals surface area (Å²) in [7, 11) is 0. The first kappa shape index (κ1) is 20.6. The third-order valence-electron chi connectivity index (χ3n) is 4.71. The molecular weight excluding hydrogens is 394 g/mol. The first-order valence-corrected chi connectivity index (χ1v) is 11.2. The minimum atomic E-state index is -0.484. The van der Waals surface area contributed by atoms with Crippen LogP contribution in [0.25, 0.3) is 0 Å². The second kappa shape index (κ2) is 9.38. The number of amides is 2. The van der Waals surface area contributed by atoms with Crippen LogP contribution in [0.3, 0.4) is 0 Å². The highest BCUT2D eigenvalue weighted by atomic mass is 32.2. The van der Waals surface area contributed by atoms with Gasteiger partial charge in [-0.25, -0.2) is 0 Å². The molecule has 28 heavy (non-hydrogen) atoms. The number of primary amides is 1. The maximum atomic E-state index is 12.5. The van der Waals surface area contributed by atoms with Crippen molar-refractivity contribution in [3.63, 3.8) is 0 Å². The molecule has 3 rings (SSSR count). The average Bonchev–Trinajstić information content (AvgIpc) is 3.13. The van der Waals surface area contributed by atoms with E-state index in [0.29, 0.717) is 28.4 Å². The van der Waals surface area contributed by atoms with Gasteiger partial charge in [0.15, 0.2) is 4.34 Å². The van der Waals surface area contributed by atoms with Gasteiger partial charge in [-0.1, -0.05) is 49.1 Å². The number of carbonyl (C=O) groups is 2. The molecule has 1 aliphatic rings. The first-order chi connectivity index (χ1) is 13.4. The molecule has 0 unspecified atom stereocenters. The summed E-state index contributed by atoms with van der Waals surface area (Å²) in [4.78, 5) is 25.7. The minimum absolute atomic E-state index is 0.0810. The van der Waals surface area contributed by atoms with E-state index in [4.69, 9.17) is 5.73 Å². The lowest BCUT2D eigenvalue weighted by atomic mass is 10.0. The van der Waals surface area contributed by atoms with E-state index in [2.05, 4.69) is 41.5 Å². The molecule has 0 bridgehead atoms. The van der Waals surface area contributed by atoms with Crippen LogP contribution in [0.2, 0.25) is 0 Å². The van der Waals surface area contributed by atoms with E-state index >= 15 is 0 Å². The Morgan fingerprint density at radius 2 is 2.04 bits per heavy atom. The van der Waals surface area contributed by atoms with Crippen LogP contribution >= 0.6 is 23.1 Å². The number of anilines is 2. The van der Waals surface area contributed by atoms with E-state index in [1.54, 1.807) is 4.90 Å². The van der Waals surface area contributed by atoms with Gasteiger partial charge < -0.3 is 16.0 Å². The summed E-state index contributed by atoms with van der Waals surface area (Å²) < 4.78 is 0.710. The van der Waals surface area contributed by atoms with Crippen LogP contribution in [0.15, 0.2) is 28.6 Å². The lowest BCUT2D eigenvalue weighted by Gasteiger charge is -2.33. The van der Waals surface area contributed by atoms with Gasteiger partial charge in [0.1, 0.15) is 6.04 Å². The second-order valence-corrected chi connectivity index (χ2v) is 9.26. The zero-order valence-corrected chi connectivity index (χ0v) is 17.7. The molecule has 9 heteroatoms. The molecule has 150 valence electrons. The van der Waals surface area contributed by atoms with Gasteiger partial charge in [0.25, 0.3) is 0 Å². The third kappa shape index (κ3) is 5.23. The molecule has 1 aliphatic heterocycles. The number of aromatic nitrogens is 2. The number of rotatable bonds is 7. The summed E-state index contributed by atoms with van der Waals surface area (Å²) >= 11 is 2.74. The van der Waals surface area contributed by atoms with Gasteiger partial charge in [0.05, 0.1) is 5.75 Å². The molecule has 0 saturated carbocycles.